The molecule has 0 spiro atoms. The van der Waals surface area contributed by atoms with Crippen LogP contribution in [0.2, 0.25) is 0 Å². The van der Waals surface area contributed by atoms with E-state index in [9.17, 15) is 13.2 Å². The van der Waals surface area contributed by atoms with Gasteiger partial charge in [0.25, 0.3) is 0 Å². The van der Waals surface area contributed by atoms with E-state index in [2.05, 4.69) is 4.72 Å². The number of carboxylic acids is 1. The number of carbonyl (C=O) groups is 1. The molecule has 1 unspecified atom stereocenters. The van der Waals surface area contributed by atoms with Gasteiger partial charge >= 0.3 is 5.97 Å². The number of sulfonamides is 1. The van der Waals surface area contributed by atoms with Crippen LogP contribution in [0.5, 0.6) is 0 Å². The monoisotopic (exact) mass is 343 g/mol. The highest BCUT2D eigenvalue weighted by Gasteiger charge is 2.26. The fraction of sp³-hybridized carbons (Fsp3) is 0.562. The lowest BCUT2D eigenvalue weighted by molar-refractivity contribution is -0.139. The standard InChI is InChI=1S/C16H25NO5S/c1-3-4-10-15(16(18)19)17-23(20,21)12-14(22-2)11-13-8-6-5-7-9-13/h5-9,14-15,17H,3-4,10-12H2,1-2H3,(H,18,19)/t14?,15-/m0/s1. The van der Waals surface area contributed by atoms with Crippen LogP contribution >= 0.6 is 0 Å². The number of hydrogen-bond acceptors (Lipinski definition) is 4. The number of benzene rings is 1. The summed E-state index contributed by atoms with van der Waals surface area (Å²) in [6.45, 7) is 1.92. The Kier molecular flexibility index (Phi) is 8.22. The maximum absolute atomic E-state index is 12.2. The molecule has 7 heteroatoms. The van der Waals surface area contributed by atoms with Gasteiger partial charge < -0.3 is 9.84 Å². The maximum Gasteiger partial charge on any atom is 0.321 e. The summed E-state index contributed by atoms with van der Waals surface area (Å²) in [5, 5.41) is 9.13. The van der Waals surface area contributed by atoms with Crippen molar-refractivity contribution in [1.82, 2.24) is 4.72 Å². The maximum atomic E-state index is 12.2. The molecule has 0 saturated heterocycles. The summed E-state index contributed by atoms with van der Waals surface area (Å²) in [5.74, 6) is -1.42. The first-order valence-corrected chi connectivity index (χ1v) is 9.32. The summed E-state index contributed by atoms with van der Waals surface area (Å²) in [5.41, 5.74) is 0.968. The Hall–Kier alpha value is -1.44. The van der Waals surface area contributed by atoms with Crippen LogP contribution in [-0.2, 0) is 26.0 Å². The third-order valence-electron chi connectivity index (χ3n) is 3.51. The molecule has 130 valence electrons. The van der Waals surface area contributed by atoms with Crippen LogP contribution in [-0.4, -0.2) is 44.5 Å². The summed E-state index contributed by atoms with van der Waals surface area (Å²) >= 11 is 0. The number of hydrogen-bond donors (Lipinski definition) is 2. The molecule has 0 heterocycles. The molecule has 0 saturated carbocycles. The second-order valence-electron chi connectivity index (χ2n) is 5.48. The number of methoxy groups -OCH3 is 1. The van der Waals surface area contributed by atoms with Gasteiger partial charge in [0.05, 0.1) is 11.9 Å². The van der Waals surface area contributed by atoms with Crippen molar-refractivity contribution in [2.24, 2.45) is 0 Å². The summed E-state index contributed by atoms with van der Waals surface area (Å²) < 4.78 is 31.9. The molecule has 0 radical (unpaired) electrons. The van der Waals surface area contributed by atoms with E-state index >= 15 is 0 Å². The van der Waals surface area contributed by atoms with Gasteiger partial charge in [-0.05, 0) is 18.4 Å². The normalized spacial score (nSPS) is 14.3. The zero-order chi connectivity index (χ0) is 17.3. The molecular formula is C16H25NO5S. The second-order valence-corrected chi connectivity index (χ2v) is 7.28. The van der Waals surface area contributed by atoms with E-state index in [0.717, 1.165) is 12.0 Å². The van der Waals surface area contributed by atoms with E-state index < -0.39 is 28.1 Å². The van der Waals surface area contributed by atoms with Gasteiger partial charge in [-0.3, -0.25) is 4.79 Å². The van der Waals surface area contributed by atoms with Crippen LogP contribution in [0, 0.1) is 0 Å². The molecule has 6 nitrogen and oxygen atoms in total. The lowest BCUT2D eigenvalue weighted by Crippen LogP contribution is -2.44. The molecule has 1 aromatic rings. The van der Waals surface area contributed by atoms with E-state index in [4.69, 9.17) is 9.84 Å². The minimum absolute atomic E-state index is 0.270. The van der Waals surface area contributed by atoms with E-state index in [1.807, 2.05) is 37.3 Å². The topological polar surface area (TPSA) is 92.7 Å². The molecule has 1 rings (SSSR count). The van der Waals surface area contributed by atoms with Crippen molar-refractivity contribution in [3.05, 3.63) is 35.9 Å². The first kappa shape index (κ1) is 19.6. The van der Waals surface area contributed by atoms with E-state index in [-0.39, 0.29) is 12.2 Å². The Morgan fingerprint density at radius 1 is 1.30 bits per heavy atom. The van der Waals surface area contributed by atoms with Gasteiger partial charge in [-0.25, -0.2) is 13.1 Å². The largest absolute Gasteiger partial charge is 0.480 e. The Bertz CT molecular complexity index is 573. The van der Waals surface area contributed by atoms with Crippen molar-refractivity contribution in [3.8, 4) is 0 Å². The van der Waals surface area contributed by atoms with Crippen LogP contribution in [0.3, 0.4) is 0 Å². The number of carboxylic acid groups (broad SMARTS) is 1. The Balaban J connectivity index is 2.68. The highest BCUT2D eigenvalue weighted by molar-refractivity contribution is 7.89. The molecule has 0 aliphatic rings. The van der Waals surface area contributed by atoms with Crippen LogP contribution < -0.4 is 4.72 Å². The molecule has 1 aromatic carbocycles. The van der Waals surface area contributed by atoms with Crippen molar-refractivity contribution >= 4 is 16.0 Å². The SMILES string of the molecule is CCCC[C@H](NS(=O)(=O)CC(Cc1ccccc1)OC)C(=O)O. The fourth-order valence-electron chi connectivity index (χ4n) is 2.24. The predicted octanol–water partition coefficient (Wildman–Crippen LogP) is 1.81. The van der Waals surface area contributed by atoms with Crippen molar-refractivity contribution in [1.29, 1.82) is 0 Å². The van der Waals surface area contributed by atoms with Crippen LogP contribution in [0.4, 0.5) is 0 Å². The second kappa shape index (κ2) is 9.64. The average molecular weight is 343 g/mol. The van der Waals surface area contributed by atoms with Gasteiger partial charge in [-0.2, -0.15) is 0 Å². The number of rotatable bonds is 11. The zero-order valence-corrected chi connectivity index (χ0v) is 14.4. The quantitative estimate of drug-likeness (QED) is 0.639. The van der Waals surface area contributed by atoms with E-state index in [1.165, 1.54) is 7.11 Å². The van der Waals surface area contributed by atoms with Crippen molar-refractivity contribution in [2.45, 2.75) is 44.8 Å². The van der Waals surface area contributed by atoms with Crippen molar-refractivity contribution in [3.63, 3.8) is 0 Å². The van der Waals surface area contributed by atoms with Crippen molar-refractivity contribution < 1.29 is 23.1 Å². The van der Waals surface area contributed by atoms with Crippen LogP contribution in [0.25, 0.3) is 0 Å². The zero-order valence-electron chi connectivity index (χ0n) is 13.6. The smallest absolute Gasteiger partial charge is 0.321 e. The highest BCUT2D eigenvalue weighted by Crippen LogP contribution is 2.09. The summed E-state index contributed by atoms with van der Waals surface area (Å²) in [7, 11) is -2.29. The number of ether oxygens (including phenoxy) is 1. The number of unbranched alkanes of at least 4 members (excludes halogenated alkanes) is 1. The fourth-order valence-corrected chi connectivity index (χ4v) is 3.73. The average Bonchev–Trinajstić information content (AvgIpc) is 2.51. The van der Waals surface area contributed by atoms with Gasteiger partial charge in [0, 0.05) is 7.11 Å². The summed E-state index contributed by atoms with van der Waals surface area (Å²) in [4.78, 5) is 11.2. The van der Waals surface area contributed by atoms with Gasteiger partial charge in [-0.1, -0.05) is 50.1 Å². The minimum Gasteiger partial charge on any atom is -0.480 e. The molecule has 2 atom stereocenters. The highest BCUT2D eigenvalue weighted by atomic mass is 32.2. The first-order chi connectivity index (χ1) is 10.9. The van der Waals surface area contributed by atoms with Crippen molar-refractivity contribution in [2.75, 3.05) is 12.9 Å². The summed E-state index contributed by atoms with van der Waals surface area (Å²) in [6, 6.07) is 8.34. The molecule has 23 heavy (non-hydrogen) atoms. The summed E-state index contributed by atoms with van der Waals surface area (Å²) in [6.07, 6.45) is 1.65. The molecule has 0 aliphatic heterocycles. The van der Waals surface area contributed by atoms with Gasteiger partial charge in [0.2, 0.25) is 10.0 Å². The molecule has 0 fully saturated rings. The molecule has 2 N–H and O–H groups in total. The molecule has 0 aromatic heterocycles. The van der Waals surface area contributed by atoms with Gasteiger partial charge in [0.15, 0.2) is 0 Å². The lowest BCUT2D eigenvalue weighted by atomic mass is 10.1. The Labute approximate surface area is 137 Å². The first-order valence-electron chi connectivity index (χ1n) is 7.67. The van der Waals surface area contributed by atoms with Gasteiger partial charge in [0.1, 0.15) is 6.04 Å². The lowest BCUT2D eigenvalue weighted by Gasteiger charge is -2.19. The molecule has 0 aliphatic carbocycles. The Morgan fingerprint density at radius 2 is 1.96 bits per heavy atom. The third kappa shape index (κ3) is 7.58. The minimum atomic E-state index is -3.74. The third-order valence-corrected chi connectivity index (χ3v) is 4.97. The molecule has 0 bridgehead atoms. The molecular weight excluding hydrogens is 318 g/mol. The number of aliphatic carboxylic acids is 1. The molecule has 0 amide bonds. The van der Waals surface area contributed by atoms with Crippen LogP contribution in [0.1, 0.15) is 31.7 Å². The number of nitrogens with one attached hydrogen (secondary N) is 1. The van der Waals surface area contributed by atoms with Crippen LogP contribution in [0.15, 0.2) is 30.3 Å². The van der Waals surface area contributed by atoms with E-state index in [1.54, 1.807) is 0 Å². The predicted molar refractivity (Wildman–Crippen MR) is 88.8 cm³/mol. The van der Waals surface area contributed by atoms with Gasteiger partial charge in [-0.15, -0.1) is 0 Å². The van der Waals surface area contributed by atoms with E-state index in [0.29, 0.717) is 12.8 Å². The Morgan fingerprint density at radius 3 is 2.48 bits per heavy atom.